The van der Waals surface area contributed by atoms with E-state index in [2.05, 4.69) is 76.1 Å². The van der Waals surface area contributed by atoms with Gasteiger partial charge in [0.25, 0.3) is 0 Å². The van der Waals surface area contributed by atoms with Crippen molar-refractivity contribution in [2.75, 3.05) is 6.54 Å². The number of unbranched alkanes of at least 4 members (excludes halogenated alkanes) is 2. The Hall–Kier alpha value is -2.16. The maximum absolute atomic E-state index is 10.4. The number of rotatable bonds is 11. The first-order chi connectivity index (χ1) is 13.7. The van der Waals surface area contributed by atoms with Gasteiger partial charge in [-0.05, 0) is 69.4 Å². The van der Waals surface area contributed by atoms with Crippen molar-refractivity contribution in [3.8, 4) is 0 Å². The summed E-state index contributed by atoms with van der Waals surface area (Å²) in [6.07, 6.45) is 21.7. The van der Waals surface area contributed by atoms with Gasteiger partial charge in [0.15, 0.2) is 6.21 Å². The van der Waals surface area contributed by atoms with E-state index in [1.54, 1.807) is 0 Å². The fourth-order valence-electron chi connectivity index (χ4n) is 3.64. The van der Waals surface area contributed by atoms with Gasteiger partial charge in [-0.1, -0.05) is 55.4 Å². The minimum Gasteiger partial charge on any atom is -0.481 e. The molecule has 0 saturated carbocycles. The van der Waals surface area contributed by atoms with E-state index in [0.717, 1.165) is 25.8 Å². The molecule has 1 rings (SSSR count). The lowest BCUT2D eigenvalue weighted by atomic mass is 9.72. The Kier molecular flexibility index (Phi) is 11.3. The van der Waals surface area contributed by atoms with Crippen molar-refractivity contribution in [2.45, 2.75) is 79.6 Å². The molecule has 0 aliphatic heterocycles. The SMILES string of the molecule is CC1=C(/C=C/C(C)=C/C=C/C(C)=C/C=[NH+]CCCCCC(=O)O)C(C)(C)CCC1. The highest BCUT2D eigenvalue weighted by Gasteiger charge is 2.26. The fraction of sp³-hybridized carbons (Fsp3) is 0.538. The largest absolute Gasteiger partial charge is 0.481 e. The van der Waals surface area contributed by atoms with Crippen molar-refractivity contribution in [1.29, 1.82) is 0 Å². The van der Waals surface area contributed by atoms with Crippen LogP contribution in [0.15, 0.2) is 58.7 Å². The lowest BCUT2D eigenvalue weighted by Gasteiger charge is -2.32. The van der Waals surface area contributed by atoms with Crippen LogP contribution in [0.4, 0.5) is 0 Å². The molecule has 1 aliphatic rings. The quantitative estimate of drug-likeness (QED) is 0.281. The third-order valence-electron chi connectivity index (χ3n) is 5.45. The molecule has 0 fully saturated rings. The average Bonchev–Trinajstić information content (AvgIpc) is 2.62. The molecule has 3 heteroatoms. The van der Waals surface area contributed by atoms with Gasteiger partial charge in [0, 0.05) is 18.9 Å². The zero-order chi connectivity index (χ0) is 21.7. The summed E-state index contributed by atoms with van der Waals surface area (Å²) in [5.41, 5.74) is 5.75. The summed E-state index contributed by atoms with van der Waals surface area (Å²) in [5.74, 6) is -0.709. The summed E-state index contributed by atoms with van der Waals surface area (Å²) >= 11 is 0. The predicted octanol–water partition coefficient (Wildman–Crippen LogP) is 5.31. The lowest BCUT2D eigenvalue weighted by molar-refractivity contribution is -0.451. The monoisotopic (exact) mass is 398 g/mol. The highest BCUT2D eigenvalue weighted by molar-refractivity contribution is 5.67. The molecule has 0 aromatic heterocycles. The van der Waals surface area contributed by atoms with Crippen LogP contribution in [0.3, 0.4) is 0 Å². The highest BCUT2D eigenvalue weighted by atomic mass is 16.4. The zero-order valence-corrected chi connectivity index (χ0v) is 19.1. The van der Waals surface area contributed by atoms with E-state index in [0.29, 0.717) is 0 Å². The van der Waals surface area contributed by atoms with Gasteiger partial charge in [-0.15, -0.1) is 0 Å². The van der Waals surface area contributed by atoms with Crippen LogP contribution in [-0.2, 0) is 4.79 Å². The number of nitrogens with one attached hydrogen (secondary N) is 1. The Morgan fingerprint density at radius 1 is 1.10 bits per heavy atom. The van der Waals surface area contributed by atoms with Crippen molar-refractivity contribution in [3.05, 3.63) is 58.7 Å². The Morgan fingerprint density at radius 2 is 1.83 bits per heavy atom. The van der Waals surface area contributed by atoms with E-state index in [-0.39, 0.29) is 11.8 Å². The third-order valence-corrected chi connectivity index (χ3v) is 5.45. The zero-order valence-electron chi connectivity index (χ0n) is 19.1. The van der Waals surface area contributed by atoms with E-state index in [9.17, 15) is 4.79 Å². The Labute approximate surface area is 177 Å². The molecule has 0 unspecified atom stereocenters. The van der Waals surface area contributed by atoms with Crippen LogP contribution in [0.5, 0.6) is 0 Å². The van der Waals surface area contributed by atoms with Crippen LogP contribution >= 0.6 is 0 Å². The van der Waals surface area contributed by atoms with Gasteiger partial charge in [0.05, 0.1) is 0 Å². The van der Waals surface area contributed by atoms with E-state index in [4.69, 9.17) is 5.11 Å². The molecular weight excluding hydrogens is 358 g/mol. The topological polar surface area (TPSA) is 51.3 Å². The van der Waals surface area contributed by atoms with E-state index < -0.39 is 5.97 Å². The maximum Gasteiger partial charge on any atom is 0.303 e. The van der Waals surface area contributed by atoms with Crippen LogP contribution in [0.25, 0.3) is 0 Å². The van der Waals surface area contributed by atoms with Crippen molar-refractivity contribution in [1.82, 2.24) is 0 Å². The number of carboxylic acid groups (broad SMARTS) is 1. The molecule has 0 saturated heterocycles. The van der Waals surface area contributed by atoms with Gasteiger partial charge in [-0.2, -0.15) is 0 Å². The fourth-order valence-corrected chi connectivity index (χ4v) is 3.64. The third kappa shape index (κ3) is 10.8. The normalized spacial score (nSPS) is 18.5. The molecule has 1 aliphatic carbocycles. The molecule has 0 bridgehead atoms. The number of hydrogen-bond acceptors (Lipinski definition) is 1. The first-order valence-corrected chi connectivity index (χ1v) is 10.9. The second-order valence-corrected chi connectivity index (χ2v) is 8.77. The van der Waals surface area contributed by atoms with Gasteiger partial charge in [-0.25, -0.2) is 4.99 Å². The average molecular weight is 399 g/mol. The minimum absolute atomic E-state index is 0.268. The summed E-state index contributed by atoms with van der Waals surface area (Å²) in [5, 5.41) is 8.60. The molecular formula is C26H40NO2+. The van der Waals surface area contributed by atoms with Crippen LogP contribution < -0.4 is 4.99 Å². The highest BCUT2D eigenvalue weighted by Crippen LogP contribution is 2.40. The minimum atomic E-state index is -0.709. The summed E-state index contributed by atoms with van der Waals surface area (Å²) < 4.78 is 0. The number of aliphatic carboxylic acids is 1. The second kappa shape index (κ2) is 13.1. The molecule has 0 radical (unpaired) electrons. The van der Waals surface area contributed by atoms with E-state index in [1.807, 2.05) is 6.21 Å². The smallest absolute Gasteiger partial charge is 0.303 e. The molecule has 0 aromatic rings. The van der Waals surface area contributed by atoms with Crippen LogP contribution in [0.1, 0.15) is 79.6 Å². The molecule has 29 heavy (non-hydrogen) atoms. The number of hydrogen-bond donors (Lipinski definition) is 2. The van der Waals surface area contributed by atoms with Gasteiger partial charge >= 0.3 is 5.97 Å². The number of carboxylic acids is 1. The molecule has 0 amide bonds. The Balaban J connectivity index is 2.45. The van der Waals surface area contributed by atoms with Crippen molar-refractivity contribution in [3.63, 3.8) is 0 Å². The van der Waals surface area contributed by atoms with E-state index in [1.165, 1.54) is 41.6 Å². The first-order valence-electron chi connectivity index (χ1n) is 10.9. The molecule has 160 valence electrons. The molecule has 0 spiro atoms. The lowest BCUT2D eigenvalue weighted by Crippen LogP contribution is -2.68. The van der Waals surface area contributed by atoms with Gasteiger partial charge in [-0.3, -0.25) is 4.79 Å². The van der Waals surface area contributed by atoms with Gasteiger partial charge in [0.2, 0.25) is 0 Å². The first kappa shape index (κ1) is 24.9. The molecule has 0 heterocycles. The van der Waals surface area contributed by atoms with Crippen molar-refractivity contribution < 1.29 is 14.9 Å². The Morgan fingerprint density at radius 3 is 2.52 bits per heavy atom. The maximum atomic E-state index is 10.4. The van der Waals surface area contributed by atoms with Crippen LogP contribution in [-0.4, -0.2) is 23.8 Å². The number of carbonyl (C=O) groups is 1. The van der Waals surface area contributed by atoms with E-state index >= 15 is 0 Å². The van der Waals surface area contributed by atoms with Crippen molar-refractivity contribution >= 4 is 12.2 Å². The molecule has 0 atom stereocenters. The molecule has 2 N–H and O–H groups in total. The second-order valence-electron chi connectivity index (χ2n) is 8.77. The summed E-state index contributed by atoms with van der Waals surface area (Å²) in [6, 6.07) is 0. The summed E-state index contributed by atoms with van der Waals surface area (Å²) in [7, 11) is 0. The summed E-state index contributed by atoms with van der Waals surface area (Å²) in [4.78, 5) is 13.7. The predicted molar refractivity (Wildman–Crippen MR) is 124 cm³/mol. The standard InChI is InChI=1S/C26H39NO2/c1-21(15-16-24-23(3)13-10-18-26(24,4)5)11-9-12-22(2)17-20-27-19-8-6-7-14-25(28)29/h9,11-12,15-17,20H,6-8,10,13-14,18-19H2,1-5H3,(H,28,29)/p+1/b12-9+,16-15+,21-11+,22-17+,27-20?. The van der Waals surface area contributed by atoms with Gasteiger partial charge < -0.3 is 5.11 Å². The van der Waals surface area contributed by atoms with Crippen molar-refractivity contribution in [2.24, 2.45) is 5.41 Å². The van der Waals surface area contributed by atoms with Crippen LogP contribution in [0, 0.1) is 5.41 Å². The van der Waals surface area contributed by atoms with Gasteiger partial charge in [0.1, 0.15) is 6.54 Å². The Bertz CT molecular complexity index is 715. The number of allylic oxidation sites excluding steroid dienone is 10. The van der Waals surface area contributed by atoms with Crippen LogP contribution in [0.2, 0.25) is 0 Å². The molecule has 0 aromatic carbocycles. The molecule has 3 nitrogen and oxygen atoms in total. The summed E-state index contributed by atoms with van der Waals surface area (Å²) in [6.45, 7) is 12.1.